The van der Waals surface area contributed by atoms with Crippen LogP contribution in [0, 0.1) is 0 Å². The van der Waals surface area contributed by atoms with Gasteiger partial charge in [0.15, 0.2) is 0 Å². The Morgan fingerprint density at radius 2 is 2.12 bits per heavy atom. The van der Waals surface area contributed by atoms with Crippen LogP contribution in [0.15, 0.2) is 48.7 Å². The van der Waals surface area contributed by atoms with E-state index < -0.39 is 0 Å². The van der Waals surface area contributed by atoms with Gasteiger partial charge < -0.3 is 4.57 Å². The van der Waals surface area contributed by atoms with Crippen molar-refractivity contribution in [2.75, 3.05) is 6.54 Å². The van der Waals surface area contributed by atoms with Crippen LogP contribution in [0.1, 0.15) is 29.6 Å². The molecule has 4 heterocycles. The van der Waals surface area contributed by atoms with E-state index >= 15 is 0 Å². The van der Waals surface area contributed by atoms with Crippen molar-refractivity contribution in [3.63, 3.8) is 0 Å². The Morgan fingerprint density at radius 1 is 1.19 bits per heavy atom. The van der Waals surface area contributed by atoms with Crippen LogP contribution in [0.4, 0.5) is 0 Å². The topological polar surface area (TPSA) is 49.7 Å². The molecule has 1 saturated heterocycles. The van der Waals surface area contributed by atoms with Crippen LogP contribution in [-0.2, 0) is 13.6 Å². The van der Waals surface area contributed by atoms with E-state index in [1.165, 1.54) is 33.9 Å². The van der Waals surface area contributed by atoms with E-state index in [-0.39, 0.29) is 0 Å². The van der Waals surface area contributed by atoms with Gasteiger partial charge in [-0.2, -0.15) is 5.10 Å². The summed E-state index contributed by atoms with van der Waals surface area (Å²) in [4.78, 5) is 10.2. The van der Waals surface area contributed by atoms with Gasteiger partial charge in [-0.1, -0.05) is 12.1 Å². The quantitative estimate of drug-likeness (QED) is 0.586. The summed E-state index contributed by atoms with van der Waals surface area (Å²) in [5.74, 6) is 1.19. The van der Waals surface area contributed by atoms with Crippen LogP contribution in [0.25, 0.3) is 21.6 Å². The molecule has 0 spiro atoms. The van der Waals surface area contributed by atoms with E-state index in [0.717, 1.165) is 24.3 Å². The Hall–Kier alpha value is -2.44. The zero-order chi connectivity index (χ0) is 17.5. The Bertz CT molecular complexity index is 1030. The third-order valence-corrected chi connectivity index (χ3v) is 6.37. The number of nitrogens with zero attached hydrogens (tertiary/aromatic N) is 4. The minimum absolute atomic E-state index is 0.394. The number of aromatic amines is 1. The van der Waals surface area contributed by atoms with Crippen LogP contribution in [0.2, 0.25) is 0 Å². The Kier molecular flexibility index (Phi) is 3.87. The molecule has 4 aromatic rings. The van der Waals surface area contributed by atoms with E-state index in [1.54, 1.807) is 6.20 Å². The number of hydrogen-bond acceptors (Lipinski definition) is 4. The normalized spacial score (nSPS) is 18.1. The number of aryl methyl sites for hydroxylation is 1. The fraction of sp³-hybridized carbons (Fsp3) is 0.300. The number of H-pyrrole nitrogens is 1. The Labute approximate surface area is 156 Å². The van der Waals surface area contributed by atoms with Crippen molar-refractivity contribution in [1.82, 2.24) is 24.6 Å². The Morgan fingerprint density at radius 3 is 2.96 bits per heavy atom. The SMILES string of the molecule is Cn1c([C@@H]2CCCN2Cc2ccc(-c3ccn[nH]3)s2)nc2ccccc21. The first-order valence-corrected chi connectivity index (χ1v) is 9.85. The predicted molar refractivity (Wildman–Crippen MR) is 105 cm³/mol. The summed E-state index contributed by atoms with van der Waals surface area (Å²) in [7, 11) is 2.14. The largest absolute Gasteiger partial charge is 0.330 e. The third kappa shape index (κ3) is 2.66. The number of benzene rings is 1. The van der Waals surface area contributed by atoms with E-state index in [4.69, 9.17) is 4.98 Å². The van der Waals surface area contributed by atoms with E-state index in [0.29, 0.717) is 6.04 Å². The van der Waals surface area contributed by atoms with Gasteiger partial charge in [-0.25, -0.2) is 4.98 Å². The van der Waals surface area contributed by atoms with Gasteiger partial charge in [0.1, 0.15) is 5.82 Å². The van der Waals surface area contributed by atoms with Gasteiger partial charge in [0, 0.05) is 24.7 Å². The molecule has 6 heteroatoms. The molecule has 0 aliphatic carbocycles. The van der Waals surface area contributed by atoms with Crippen molar-refractivity contribution >= 4 is 22.4 Å². The van der Waals surface area contributed by atoms with Gasteiger partial charge in [-0.05, 0) is 49.7 Å². The second-order valence-electron chi connectivity index (χ2n) is 6.88. The second-order valence-corrected chi connectivity index (χ2v) is 8.05. The van der Waals surface area contributed by atoms with Crippen molar-refractivity contribution < 1.29 is 0 Å². The highest BCUT2D eigenvalue weighted by molar-refractivity contribution is 7.15. The maximum absolute atomic E-state index is 4.94. The molecule has 1 aliphatic heterocycles. The highest BCUT2D eigenvalue weighted by Crippen LogP contribution is 2.36. The van der Waals surface area contributed by atoms with Crippen molar-refractivity contribution in [1.29, 1.82) is 0 Å². The molecule has 5 rings (SSSR count). The number of rotatable bonds is 4. The van der Waals surface area contributed by atoms with E-state index in [9.17, 15) is 0 Å². The van der Waals surface area contributed by atoms with Gasteiger partial charge in [0.05, 0.1) is 27.6 Å². The first-order chi connectivity index (χ1) is 12.8. The number of fused-ring (bicyclic) bond motifs is 1. The van der Waals surface area contributed by atoms with Gasteiger partial charge >= 0.3 is 0 Å². The highest BCUT2D eigenvalue weighted by Gasteiger charge is 2.30. The summed E-state index contributed by atoms with van der Waals surface area (Å²) in [5.41, 5.74) is 3.40. The Balaban J connectivity index is 1.41. The molecule has 5 nitrogen and oxygen atoms in total. The first kappa shape index (κ1) is 15.8. The van der Waals surface area contributed by atoms with Gasteiger partial charge in [0.2, 0.25) is 0 Å². The lowest BCUT2D eigenvalue weighted by Gasteiger charge is -2.23. The van der Waals surface area contributed by atoms with Gasteiger partial charge in [-0.15, -0.1) is 11.3 Å². The number of para-hydroxylation sites is 2. The summed E-state index contributed by atoms with van der Waals surface area (Å²) in [6.07, 6.45) is 4.21. The van der Waals surface area contributed by atoms with Gasteiger partial charge in [0.25, 0.3) is 0 Å². The number of imidazole rings is 1. The lowest BCUT2D eigenvalue weighted by molar-refractivity contribution is 0.239. The number of hydrogen-bond donors (Lipinski definition) is 1. The number of aromatic nitrogens is 4. The van der Waals surface area contributed by atoms with Crippen molar-refractivity contribution in [3.05, 3.63) is 59.4 Å². The molecule has 1 aliphatic rings. The molecule has 0 amide bonds. The maximum atomic E-state index is 4.94. The lowest BCUT2D eigenvalue weighted by atomic mass is 10.2. The van der Waals surface area contributed by atoms with E-state index in [2.05, 4.69) is 63.1 Å². The summed E-state index contributed by atoms with van der Waals surface area (Å²) in [6, 6.07) is 15.3. The van der Waals surface area contributed by atoms with Crippen molar-refractivity contribution in [2.24, 2.45) is 7.05 Å². The van der Waals surface area contributed by atoms with Crippen LogP contribution in [0.5, 0.6) is 0 Å². The molecule has 0 bridgehead atoms. The van der Waals surface area contributed by atoms with Crippen LogP contribution in [-0.4, -0.2) is 31.2 Å². The molecule has 26 heavy (non-hydrogen) atoms. The molecular formula is C20H21N5S. The summed E-state index contributed by atoms with van der Waals surface area (Å²) < 4.78 is 2.27. The first-order valence-electron chi connectivity index (χ1n) is 9.03. The average Bonchev–Trinajstić information content (AvgIpc) is 3.42. The smallest absolute Gasteiger partial charge is 0.127 e. The van der Waals surface area contributed by atoms with Gasteiger partial charge in [-0.3, -0.25) is 10.00 Å². The molecule has 0 saturated carbocycles. The van der Waals surface area contributed by atoms with Crippen LogP contribution < -0.4 is 0 Å². The molecule has 1 atom stereocenters. The number of nitrogens with one attached hydrogen (secondary N) is 1. The minimum atomic E-state index is 0.394. The monoisotopic (exact) mass is 363 g/mol. The molecule has 0 unspecified atom stereocenters. The molecule has 1 aromatic carbocycles. The zero-order valence-corrected chi connectivity index (χ0v) is 15.5. The minimum Gasteiger partial charge on any atom is -0.330 e. The predicted octanol–water partition coefficient (Wildman–Crippen LogP) is 4.36. The molecule has 132 valence electrons. The van der Waals surface area contributed by atoms with E-state index in [1.807, 2.05) is 17.4 Å². The zero-order valence-electron chi connectivity index (χ0n) is 14.7. The number of likely N-dealkylation sites (tertiary alicyclic amines) is 1. The third-order valence-electron chi connectivity index (χ3n) is 5.27. The standard InChI is InChI=1S/C20H21N5S/c1-24-17-6-3-2-5-15(17)22-20(24)18-7-4-12-25(18)13-14-8-9-19(26-14)16-10-11-21-23-16/h2-3,5-6,8-11,18H,4,7,12-13H2,1H3,(H,21,23)/t18-/m0/s1. The van der Waals surface area contributed by atoms with Crippen molar-refractivity contribution in [3.8, 4) is 10.6 Å². The average molecular weight is 363 g/mol. The summed E-state index contributed by atoms with van der Waals surface area (Å²) >= 11 is 1.84. The molecule has 1 N–H and O–H groups in total. The lowest BCUT2D eigenvalue weighted by Crippen LogP contribution is -2.24. The fourth-order valence-corrected chi connectivity index (χ4v) is 4.98. The number of thiophene rings is 1. The molecule has 0 radical (unpaired) electrons. The molecular weight excluding hydrogens is 342 g/mol. The molecule has 3 aromatic heterocycles. The fourth-order valence-electron chi connectivity index (χ4n) is 3.97. The van der Waals surface area contributed by atoms with Crippen molar-refractivity contribution in [2.45, 2.75) is 25.4 Å². The maximum Gasteiger partial charge on any atom is 0.127 e. The summed E-state index contributed by atoms with van der Waals surface area (Å²) in [5, 5.41) is 7.10. The molecule has 1 fully saturated rings. The van der Waals surface area contributed by atoms with Crippen LogP contribution >= 0.6 is 11.3 Å². The second kappa shape index (κ2) is 6.37. The van der Waals surface area contributed by atoms with Crippen LogP contribution in [0.3, 0.4) is 0 Å². The highest BCUT2D eigenvalue weighted by atomic mass is 32.1. The summed E-state index contributed by atoms with van der Waals surface area (Å²) in [6.45, 7) is 2.11.